The molecule has 3 unspecified atom stereocenters. The maximum Gasteiger partial charge on any atom is 0.306 e. The standard InChI is InChI=1S/C31H29FN6O2/c1-18(35-21-10-9-20(16-21)31(39)40)23-12-11-22(17-25(23)32)38-29(24-8-5-15-34-28(24)33)37-27-14-13-26(36-30(27)38)19-6-3-2-4-7-19/h2-8,11-15,17-18,20-21,35H,9-10,16H2,1H3,(H2,33,34)(H,39,40). The van der Waals surface area contributed by atoms with Crippen molar-refractivity contribution in [3.05, 3.63) is 90.4 Å². The summed E-state index contributed by atoms with van der Waals surface area (Å²) in [5.74, 6) is -0.667. The van der Waals surface area contributed by atoms with Crippen LogP contribution in [-0.4, -0.2) is 36.6 Å². The van der Waals surface area contributed by atoms with Gasteiger partial charge in [-0.3, -0.25) is 9.36 Å². The molecule has 9 heteroatoms. The number of carbonyl (C=O) groups is 1. The number of hydrogen-bond donors (Lipinski definition) is 3. The van der Waals surface area contributed by atoms with Crippen molar-refractivity contribution in [2.45, 2.75) is 38.3 Å². The third kappa shape index (κ3) is 4.80. The van der Waals surface area contributed by atoms with Crippen molar-refractivity contribution in [3.8, 4) is 28.3 Å². The van der Waals surface area contributed by atoms with Gasteiger partial charge in [0.2, 0.25) is 0 Å². The molecule has 1 saturated carbocycles. The summed E-state index contributed by atoms with van der Waals surface area (Å²) in [6.07, 6.45) is 3.55. The second-order valence-electron chi connectivity index (χ2n) is 10.3. The number of benzene rings is 2. The van der Waals surface area contributed by atoms with Gasteiger partial charge >= 0.3 is 5.97 Å². The number of pyridine rings is 2. The average Bonchev–Trinajstić information content (AvgIpc) is 3.58. The van der Waals surface area contributed by atoms with Gasteiger partial charge in [0.15, 0.2) is 11.5 Å². The topological polar surface area (TPSA) is 119 Å². The first kappa shape index (κ1) is 25.6. The first-order valence-electron chi connectivity index (χ1n) is 13.3. The van der Waals surface area contributed by atoms with Crippen LogP contribution >= 0.6 is 0 Å². The lowest BCUT2D eigenvalue weighted by Crippen LogP contribution is -2.30. The molecule has 1 aliphatic carbocycles. The van der Waals surface area contributed by atoms with Crippen LogP contribution in [0, 0.1) is 11.7 Å². The van der Waals surface area contributed by atoms with Crippen LogP contribution in [0.3, 0.4) is 0 Å². The summed E-state index contributed by atoms with van der Waals surface area (Å²) in [5.41, 5.74) is 10.9. The third-order valence-electron chi connectivity index (χ3n) is 7.63. The Morgan fingerprint density at radius 1 is 1.07 bits per heavy atom. The molecule has 1 aliphatic rings. The Morgan fingerprint density at radius 2 is 1.90 bits per heavy atom. The van der Waals surface area contributed by atoms with Crippen LogP contribution < -0.4 is 11.1 Å². The number of imidazole rings is 1. The Balaban J connectivity index is 1.41. The number of carboxylic acid groups (broad SMARTS) is 1. The van der Waals surface area contributed by atoms with Crippen molar-refractivity contribution in [2.75, 3.05) is 5.73 Å². The van der Waals surface area contributed by atoms with Gasteiger partial charge < -0.3 is 16.2 Å². The van der Waals surface area contributed by atoms with E-state index in [2.05, 4.69) is 10.3 Å². The molecule has 6 rings (SSSR count). The van der Waals surface area contributed by atoms with Gasteiger partial charge in [0, 0.05) is 29.4 Å². The fourth-order valence-corrected chi connectivity index (χ4v) is 5.57. The van der Waals surface area contributed by atoms with Gasteiger partial charge in [0.25, 0.3) is 0 Å². The van der Waals surface area contributed by atoms with Crippen molar-refractivity contribution < 1.29 is 14.3 Å². The van der Waals surface area contributed by atoms with Gasteiger partial charge in [0.05, 0.1) is 22.9 Å². The molecular formula is C31H29FN6O2. The first-order chi connectivity index (χ1) is 19.4. The fraction of sp³-hybridized carbons (Fsp3) is 0.226. The molecule has 8 nitrogen and oxygen atoms in total. The Bertz CT molecular complexity index is 1700. The molecule has 0 spiro atoms. The minimum Gasteiger partial charge on any atom is -0.481 e. The lowest BCUT2D eigenvalue weighted by atomic mass is 10.0. The predicted molar refractivity (Wildman–Crippen MR) is 152 cm³/mol. The number of aromatic nitrogens is 4. The van der Waals surface area contributed by atoms with E-state index in [-0.39, 0.29) is 23.8 Å². The first-order valence-corrected chi connectivity index (χ1v) is 13.3. The number of hydrogen-bond acceptors (Lipinski definition) is 6. The maximum atomic E-state index is 15.7. The molecule has 5 aromatic rings. The molecule has 202 valence electrons. The number of carboxylic acids is 1. The number of anilines is 1. The molecule has 0 radical (unpaired) electrons. The number of nitrogens with zero attached hydrogens (tertiary/aromatic N) is 4. The van der Waals surface area contributed by atoms with E-state index in [9.17, 15) is 9.90 Å². The van der Waals surface area contributed by atoms with E-state index in [1.807, 2.05) is 66.1 Å². The summed E-state index contributed by atoms with van der Waals surface area (Å²) in [5, 5.41) is 12.7. The van der Waals surface area contributed by atoms with Crippen molar-refractivity contribution in [2.24, 2.45) is 5.92 Å². The number of nitrogens with two attached hydrogens (primary N) is 1. The van der Waals surface area contributed by atoms with E-state index < -0.39 is 5.97 Å². The molecule has 40 heavy (non-hydrogen) atoms. The van der Waals surface area contributed by atoms with Crippen LogP contribution in [0.15, 0.2) is 79.0 Å². The van der Waals surface area contributed by atoms with Crippen LogP contribution in [0.2, 0.25) is 0 Å². The zero-order valence-electron chi connectivity index (χ0n) is 22.0. The fourth-order valence-electron chi connectivity index (χ4n) is 5.57. The molecule has 2 aromatic carbocycles. The molecule has 0 saturated heterocycles. The summed E-state index contributed by atoms with van der Waals surface area (Å²) in [6, 6.07) is 22.1. The highest BCUT2D eigenvalue weighted by molar-refractivity contribution is 5.84. The van der Waals surface area contributed by atoms with E-state index >= 15 is 4.39 Å². The van der Waals surface area contributed by atoms with Gasteiger partial charge in [-0.2, -0.15) is 0 Å². The van der Waals surface area contributed by atoms with Crippen LogP contribution in [0.4, 0.5) is 10.2 Å². The van der Waals surface area contributed by atoms with Gasteiger partial charge in [-0.15, -0.1) is 0 Å². The average molecular weight is 537 g/mol. The molecule has 3 heterocycles. The maximum absolute atomic E-state index is 15.7. The highest BCUT2D eigenvalue weighted by atomic mass is 19.1. The zero-order valence-corrected chi connectivity index (χ0v) is 22.0. The number of halogens is 1. The summed E-state index contributed by atoms with van der Waals surface area (Å²) < 4.78 is 17.5. The molecule has 4 N–H and O–H groups in total. The molecular weight excluding hydrogens is 507 g/mol. The van der Waals surface area contributed by atoms with Gasteiger partial charge in [-0.1, -0.05) is 36.4 Å². The summed E-state index contributed by atoms with van der Waals surface area (Å²) in [4.78, 5) is 25.3. The second-order valence-corrected chi connectivity index (χ2v) is 10.3. The van der Waals surface area contributed by atoms with E-state index in [4.69, 9.17) is 15.7 Å². The Hall–Kier alpha value is -4.63. The van der Waals surface area contributed by atoms with Crippen molar-refractivity contribution in [3.63, 3.8) is 0 Å². The number of nitrogens with one attached hydrogen (secondary N) is 1. The zero-order chi connectivity index (χ0) is 27.8. The quantitative estimate of drug-likeness (QED) is 0.241. The Kier molecular flexibility index (Phi) is 6.73. The Morgan fingerprint density at radius 3 is 2.62 bits per heavy atom. The molecule has 3 aromatic heterocycles. The molecule has 0 bridgehead atoms. The molecule has 3 atom stereocenters. The van der Waals surface area contributed by atoms with E-state index in [0.29, 0.717) is 52.5 Å². The van der Waals surface area contributed by atoms with Gasteiger partial charge in [-0.25, -0.2) is 19.3 Å². The number of aliphatic carboxylic acids is 1. The summed E-state index contributed by atoms with van der Waals surface area (Å²) in [6.45, 7) is 1.90. The molecule has 0 amide bonds. The smallest absolute Gasteiger partial charge is 0.306 e. The van der Waals surface area contributed by atoms with Crippen LogP contribution in [-0.2, 0) is 4.79 Å². The van der Waals surface area contributed by atoms with E-state index in [1.165, 1.54) is 6.07 Å². The van der Waals surface area contributed by atoms with Crippen LogP contribution in [0.5, 0.6) is 0 Å². The highest BCUT2D eigenvalue weighted by Crippen LogP contribution is 2.33. The second kappa shape index (κ2) is 10.5. The minimum atomic E-state index is -0.769. The molecule has 1 fully saturated rings. The summed E-state index contributed by atoms with van der Waals surface area (Å²) in [7, 11) is 0. The van der Waals surface area contributed by atoms with Gasteiger partial charge in [0.1, 0.15) is 17.2 Å². The minimum absolute atomic E-state index is 0.0357. The largest absolute Gasteiger partial charge is 0.481 e. The highest BCUT2D eigenvalue weighted by Gasteiger charge is 2.31. The van der Waals surface area contributed by atoms with E-state index in [0.717, 1.165) is 17.7 Å². The number of rotatable bonds is 7. The normalized spacial score (nSPS) is 17.8. The molecule has 0 aliphatic heterocycles. The number of fused-ring (bicyclic) bond motifs is 1. The predicted octanol–water partition coefficient (Wildman–Crippen LogP) is 5.77. The van der Waals surface area contributed by atoms with Crippen molar-refractivity contribution in [1.29, 1.82) is 0 Å². The third-order valence-corrected chi connectivity index (χ3v) is 7.63. The Labute approximate surface area is 230 Å². The monoisotopic (exact) mass is 536 g/mol. The summed E-state index contributed by atoms with van der Waals surface area (Å²) >= 11 is 0. The van der Waals surface area contributed by atoms with Crippen LogP contribution in [0.25, 0.3) is 39.5 Å². The van der Waals surface area contributed by atoms with Gasteiger partial charge in [-0.05, 0) is 62.6 Å². The van der Waals surface area contributed by atoms with Crippen molar-refractivity contribution >= 4 is 23.0 Å². The lowest BCUT2D eigenvalue weighted by molar-refractivity contribution is -0.141. The lowest BCUT2D eigenvalue weighted by Gasteiger charge is -2.21. The SMILES string of the molecule is CC(NC1CCC(C(=O)O)C1)c1ccc(-n2c(-c3cccnc3N)nc3ccc(-c4ccccc4)nc32)cc1F. The van der Waals surface area contributed by atoms with Crippen molar-refractivity contribution in [1.82, 2.24) is 24.8 Å². The number of nitrogen functional groups attached to an aromatic ring is 1. The van der Waals surface area contributed by atoms with Crippen LogP contribution in [0.1, 0.15) is 37.8 Å². The van der Waals surface area contributed by atoms with E-state index in [1.54, 1.807) is 18.3 Å².